The highest BCUT2D eigenvalue weighted by atomic mass is 16.3. The Morgan fingerprint density at radius 1 is 1.25 bits per heavy atom. The van der Waals surface area contributed by atoms with Gasteiger partial charge in [-0.2, -0.15) is 0 Å². The second kappa shape index (κ2) is 6.74. The standard InChI is InChI=1S/C19H20N2O3/c1-13-5-2-3-8-16(13)18-19(24)20-9-10-21(18)17(23)12-14-6-4-7-15(22)11-14/h2-8,11,18,22H,9-10,12H2,1H3,(H,20,24)/t18-/m1/s1. The van der Waals surface area contributed by atoms with Gasteiger partial charge in [0.25, 0.3) is 0 Å². The Bertz CT molecular complexity index is 773. The number of carbonyl (C=O) groups excluding carboxylic acids is 2. The van der Waals surface area contributed by atoms with E-state index in [2.05, 4.69) is 5.32 Å². The van der Waals surface area contributed by atoms with Gasteiger partial charge >= 0.3 is 0 Å². The molecule has 1 heterocycles. The van der Waals surface area contributed by atoms with Gasteiger partial charge in [-0.1, -0.05) is 36.4 Å². The molecule has 1 aliphatic rings. The molecule has 124 valence electrons. The minimum Gasteiger partial charge on any atom is -0.508 e. The number of benzene rings is 2. The zero-order valence-electron chi connectivity index (χ0n) is 13.5. The first-order valence-electron chi connectivity index (χ1n) is 7.97. The second-order valence-corrected chi connectivity index (χ2v) is 5.98. The monoisotopic (exact) mass is 324 g/mol. The van der Waals surface area contributed by atoms with Crippen LogP contribution in [-0.2, 0) is 16.0 Å². The molecule has 5 nitrogen and oxygen atoms in total. The molecule has 0 unspecified atom stereocenters. The summed E-state index contributed by atoms with van der Waals surface area (Å²) in [5, 5.41) is 12.4. The van der Waals surface area contributed by atoms with Crippen molar-refractivity contribution in [3.05, 3.63) is 65.2 Å². The van der Waals surface area contributed by atoms with Crippen LogP contribution in [0.15, 0.2) is 48.5 Å². The maximum Gasteiger partial charge on any atom is 0.247 e. The maximum atomic E-state index is 12.8. The Hall–Kier alpha value is -2.82. The summed E-state index contributed by atoms with van der Waals surface area (Å²) in [7, 11) is 0. The van der Waals surface area contributed by atoms with Gasteiger partial charge in [0.2, 0.25) is 11.8 Å². The third-order valence-corrected chi connectivity index (χ3v) is 4.28. The molecule has 3 rings (SSSR count). The topological polar surface area (TPSA) is 69.6 Å². The van der Waals surface area contributed by atoms with Crippen molar-refractivity contribution in [1.29, 1.82) is 0 Å². The van der Waals surface area contributed by atoms with Crippen molar-refractivity contribution in [2.24, 2.45) is 0 Å². The molecule has 1 fully saturated rings. The molecule has 0 aromatic heterocycles. The molecule has 1 saturated heterocycles. The summed E-state index contributed by atoms with van der Waals surface area (Å²) in [6.45, 7) is 2.87. The Labute approximate surface area is 140 Å². The third-order valence-electron chi connectivity index (χ3n) is 4.28. The first-order valence-corrected chi connectivity index (χ1v) is 7.97. The lowest BCUT2D eigenvalue weighted by atomic mass is 9.97. The molecule has 2 N–H and O–H groups in total. The van der Waals surface area contributed by atoms with Crippen molar-refractivity contribution in [3.8, 4) is 5.75 Å². The lowest BCUT2D eigenvalue weighted by Gasteiger charge is -2.36. The third kappa shape index (κ3) is 3.25. The number of hydrogen-bond acceptors (Lipinski definition) is 3. The summed E-state index contributed by atoms with van der Waals surface area (Å²) >= 11 is 0. The van der Waals surface area contributed by atoms with Gasteiger partial charge in [-0.25, -0.2) is 0 Å². The van der Waals surface area contributed by atoms with E-state index in [1.54, 1.807) is 29.2 Å². The predicted molar refractivity (Wildman–Crippen MR) is 90.5 cm³/mol. The van der Waals surface area contributed by atoms with E-state index in [1.807, 2.05) is 31.2 Å². The van der Waals surface area contributed by atoms with Gasteiger partial charge in [-0.05, 0) is 35.7 Å². The smallest absolute Gasteiger partial charge is 0.247 e. The Kier molecular flexibility index (Phi) is 4.51. The molecule has 1 aliphatic heterocycles. The van der Waals surface area contributed by atoms with Gasteiger partial charge in [-0.3, -0.25) is 9.59 Å². The van der Waals surface area contributed by atoms with E-state index < -0.39 is 6.04 Å². The Morgan fingerprint density at radius 2 is 2.04 bits per heavy atom. The van der Waals surface area contributed by atoms with Crippen LogP contribution < -0.4 is 5.32 Å². The molecular weight excluding hydrogens is 304 g/mol. The molecule has 24 heavy (non-hydrogen) atoms. The summed E-state index contributed by atoms with van der Waals surface area (Å²) in [6, 6.07) is 13.7. The van der Waals surface area contributed by atoms with Gasteiger partial charge in [-0.15, -0.1) is 0 Å². The SMILES string of the molecule is Cc1ccccc1[C@@H]1C(=O)NCCN1C(=O)Cc1cccc(O)c1. The summed E-state index contributed by atoms with van der Waals surface area (Å²) < 4.78 is 0. The summed E-state index contributed by atoms with van der Waals surface area (Å²) in [6.07, 6.45) is 0.157. The number of rotatable bonds is 3. The van der Waals surface area contributed by atoms with Gasteiger partial charge in [0.15, 0.2) is 0 Å². The van der Waals surface area contributed by atoms with E-state index in [1.165, 1.54) is 0 Å². The largest absolute Gasteiger partial charge is 0.508 e. The lowest BCUT2D eigenvalue weighted by molar-refractivity contribution is -0.143. The fourth-order valence-electron chi connectivity index (χ4n) is 3.08. The van der Waals surface area contributed by atoms with Crippen molar-refractivity contribution in [2.75, 3.05) is 13.1 Å². The van der Waals surface area contributed by atoms with Crippen molar-refractivity contribution in [2.45, 2.75) is 19.4 Å². The van der Waals surface area contributed by atoms with Crippen LogP contribution in [0.1, 0.15) is 22.7 Å². The number of aryl methyl sites for hydroxylation is 1. The first-order chi connectivity index (χ1) is 11.6. The highest BCUT2D eigenvalue weighted by Gasteiger charge is 2.34. The molecule has 0 aliphatic carbocycles. The van der Waals surface area contributed by atoms with Crippen LogP contribution in [0.5, 0.6) is 5.75 Å². The highest BCUT2D eigenvalue weighted by Crippen LogP contribution is 2.27. The number of phenols is 1. The van der Waals surface area contributed by atoms with Gasteiger partial charge in [0, 0.05) is 13.1 Å². The zero-order chi connectivity index (χ0) is 17.1. The van der Waals surface area contributed by atoms with Crippen LogP contribution in [0, 0.1) is 6.92 Å². The molecule has 1 atom stereocenters. The number of carbonyl (C=O) groups is 2. The van der Waals surface area contributed by atoms with Crippen molar-refractivity contribution in [3.63, 3.8) is 0 Å². The van der Waals surface area contributed by atoms with Crippen molar-refractivity contribution < 1.29 is 14.7 Å². The van der Waals surface area contributed by atoms with Crippen LogP contribution in [0.2, 0.25) is 0 Å². The van der Waals surface area contributed by atoms with Crippen LogP contribution >= 0.6 is 0 Å². The normalized spacial score (nSPS) is 17.5. The zero-order valence-corrected chi connectivity index (χ0v) is 13.5. The van der Waals surface area contributed by atoms with E-state index >= 15 is 0 Å². The molecule has 0 saturated carbocycles. The van der Waals surface area contributed by atoms with E-state index in [4.69, 9.17) is 0 Å². The Balaban J connectivity index is 1.87. The fraction of sp³-hybridized carbons (Fsp3) is 0.263. The highest BCUT2D eigenvalue weighted by molar-refractivity contribution is 5.90. The van der Waals surface area contributed by atoms with Crippen LogP contribution in [-0.4, -0.2) is 34.9 Å². The average molecular weight is 324 g/mol. The van der Waals surface area contributed by atoms with E-state index in [0.717, 1.165) is 16.7 Å². The Morgan fingerprint density at radius 3 is 2.79 bits per heavy atom. The quantitative estimate of drug-likeness (QED) is 0.906. The molecular formula is C19H20N2O3. The van der Waals surface area contributed by atoms with Gasteiger partial charge in [0.1, 0.15) is 11.8 Å². The first kappa shape index (κ1) is 16.1. The molecule has 0 radical (unpaired) electrons. The number of piperazine rings is 1. The summed E-state index contributed by atoms with van der Waals surface area (Å²) in [5.74, 6) is -0.143. The number of aromatic hydroxyl groups is 1. The van der Waals surface area contributed by atoms with Gasteiger partial charge in [0.05, 0.1) is 6.42 Å². The minimum absolute atomic E-state index is 0.122. The van der Waals surface area contributed by atoms with Crippen molar-refractivity contribution >= 4 is 11.8 Å². The molecule has 0 spiro atoms. The lowest BCUT2D eigenvalue weighted by Crippen LogP contribution is -2.52. The van der Waals surface area contributed by atoms with Gasteiger partial charge < -0.3 is 15.3 Å². The maximum absolute atomic E-state index is 12.8. The number of hydrogen-bond donors (Lipinski definition) is 2. The molecule has 0 bridgehead atoms. The average Bonchev–Trinajstić information content (AvgIpc) is 2.55. The minimum atomic E-state index is -0.607. The second-order valence-electron chi connectivity index (χ2n) is 5.98. The predicted octanol–water partition coefficient (Wildman–Crippen LogP) is 1.94. The number of phenolic OH excluding ortho intramolecular Hbond substituents is 1. The number of nitrogens with one attached hydrogen (secondary N) is 1. The van der Waals surface area contributed by atoms with E-state index in [-0.39, 0.29) is 24.0 Å². The molecule has 5 heteroatoms. The molecule has 2 amide bonds. The van der Waals surface area contributed by atoms with Crippen LogP contribution in [0.4, 0.5) is 0 Å². The van der Waals surface area contributed by atoms with Crippen molar-refractivity contribution in [1.82, 2.24) is 10.2 Å². The number of amides is 2. The fourth-order valence-corrected chi connectivity index (χ4v) is 3.08. The van der Waals surface area contributed by atoms with Crippen LogP contribution in [0.3, 0.4) is 0 Å². The van der Waals surface area contributed by atoms with Crippen LogP contribution in [0.25, 0.3) is 0 Å². The number of nitrogens with zero attached hydrogens (tertiary/aromatic N) is 1. The molecule has 2 aromatic carbocycles. The van der Waals surface area contributed by atoms with E-state index in [0.29, 0.717) is 13.1 Å². The van der Waals surface area contributed by atoms with E-state index in [9.17, 15) is 14.7 Å². The summed E-state index contributed by atoms with van der Waals surface area (Å²) in [4.78, 5) is 26.8. The molecule has 2 aromatic rings. The summed E-state index contributed by atoms with van der Waals surface area (Å²) in [5.41, 5.74) is 2.56.